The van der Waals surface area contributed by atoms with Crippen LogP contribution in [0, 0.1) is 0 Å². The smallest absolute Gasteiger partial charge is 0.339 e. The van der Waals surface area contributed by atoms with Crippen LogP contribution < -0.4 is 10.1 Å². The summed E-state index contributed by atoms with van der Waals surface area (Å²) in [6.07, 6.45) is 0.456. The molecule has 0 unspecified atom stereocenters. The van der Waals surface area contributed by atoms with Gasteiger partial charge >= 0.3 is 5.97 Å². The van der Waals surface area contributed by atoms with Crippen molar-refractivity contribution in [3.05, 3.63) is 95.6 Å². The normalized spacial score (nSPS) is 14.1. The lowest BCUT2D eigenvalue weighted by Crippen LogP contribution is -2.47. The number of nitrogens with one attached hydrogen (secondary N) is 1. The molecular formula is C33H36N2O6S. The molecule has 1 atom stereocenters. The summed E-state index contributed by atoms with van der Waals surface area (Å²) in [4.78, 5) is 11.8. The quantitative estimate of drug-likeness (QED) is 0.232. The van der Waals surface area contributed by atoms with Gasteiger partial charge in [-0.2, -0.15) is 4.31 Å². The molecule has 0 aliphatic carbocycles. The van der Waals surface area contributed by atoms with Crippen LogP contribution in [-0.4, -0.2) is 67.3 Å². The summed E-state index contributed by atoms with van der Waals surface area (Å²) in [7, 11) is -2.41. The summed E-state index contributed by atoms with van der Waals surface area (Å²) in [6.45, 7) is 4.71. The number of β-amino-alcohol motifs (C(OH)–C–C–N with tert-alkyl or cyclic N) is 1. The molecule has 220 valence electrons. The van der Waals surface area contributed by atoms with E-state index < -0.39 is 22.1 Å². The number of aliphatic hydroxyl groups excluding tert-OH is 1. The Morgan fingerprint density at radius 1 is 1.00 bits per heavy atom. The van der Waals surface area contributed by atoms with Gasteiger partial charge in [0.25, 0.3) is 0 Å². The van der Waals surface area contributed by atoms with Crippen molar-refractivity contribution in [1.29, 1.82) is 0 Å². The predicted molar refractivity (Wildman–Crippen MR) is 164 cm³/mol. The van der Waals surface area contributed by atoms with Crippen molar-refractivity contribution >= 4 is 26.8 Å². The second kappa shape index (κ2) is 11.9. The number of carboxylic acids is 1. The summed E-state index contributed by atoms with van der Waals surface area (Å²) < 4.78 is 33.2. The van der Waals surface area contributed by atoms with E-state index in [0.717, 1.165) is 16.3 Å². The molecule has 0 amide bonds. The summed E-state index contributed by atoms with van der Waals surface area (Å²) in [6, 6.07) is 24.4. The fourth-order valence-electron chi connectivity index (χ4n) is 5.41. The Balaban J connectivity index is 1.20. The van der Waals surface area contributed by atoms with Crippen LogP contribution in [0.2, 0.25) is 0 Å². The van der Waals surface area contributed by atoms with Crippen LogP contribution >= 0.6 is 0 Å². The summed E-state index contributed by atoms with van der Waals surface area (Å²) in [5.41, 5.74) is 3.16. The van der Waals surface area contributed by atoms with Gasteiger partial charge in [0, 0.05) is 32.1 Å². The SMILES string of the molecule is CN(C[C@H](O)CNC(C)(C)Cc1ccc2ccccc2c1)S(=O)(=O)c1ccc(-c2cc3c(c(C(=O)O)c2)OCC3)cc1. The van der Waals surface area contributed by atoms with Gasteiger partial charge in [-0.3, -0.25) is 0 Å². The molecule has 42 heavy (non-hydrogen) atoms. The van der Waals surface area contributed by atoms with Crippen molar-refractivity contribution in [2.24, 2.45) is 0 Å². The summed E-state index contributed by atoms with van der Waals surface area (Å²) in [5.74, 6) is -0.668. The molecule has 3 N–H and O–H groups in total. The zero-order valence-corrected chi connectivity index (χ0v) is 24.8. The van der Waals surface area contributed by atoms with Crippen LogP contribution in [0.1, 0.15) is 35.3 Å². The lowest BCUT2D eigenvalue weighted by atomic mass is 9.93. The first-order chi connectivity index (χ1) is 19.9. The van der Waals surface area contributed by atoms with Gasteiger partial charge in [-0.1, -0.05) is 54.6 Å². The zero-order valence-electron chi connectivity index (χ0n) is 24.0. The number of rotatable bonds is 11. The molecule has 5 rings (SSSR count). The first kappa shape index (κ1) is 29.7. The summed E-state index contributed by atoms with van der Waals surface area (Å²) >= 11 is 0. The second-order valence-corrected chi connectivity index (χ2v) is 13.5. The van der Waals surface area contributed by atoms with Gasteiger partial charge < -0.3 is 20.3 Å². The number of aromatic carboxylic acids is 1. The molecule has 4 aromatic carbocycles. The van der Waals surface area contributed by atoms with Gasteiger partial charge in [0.1, 0.15) is 11.3 Å². The second-order valence-electron chi connectivity index (χ2n) is 11.5. The molecule has 1 aliphatic heterocycles. The van der Waals surface area contributed by atoms with Crippen molar-refractivity contribution in [2.75, 3.05) is 26.7 Å². The molecular weight excluding hydrogens is 552 g/mol. The van der Waals surface area contributed by atoms with Gasteiger partial charge in [0.05, 0.1) is 17.6 Å². The number of ether oxygens (including phenoxy) is 1. The molecule has 1 aliphatic rings. The highest BCUT2D eigenvalue weighted by molar-refractivity contribution is 7.89. The number of nitrogens with zero attached hydrogens (tertiary/aromatic N) is 1. The van der Waals surface area contributed by atoms with Crippen LogP contribution in [0.3, 0.4) is 0 Å². The average molecular weight is 589 g/mol. The van der Waals surface area contributed by atoms with E-state index in [4.69, 9.17) is 4.74 Å². The van der Waals surface area contributed by atoms with E-state index in [1.54, 1.807) is 18.2 Å². The first-order valence-electron chi connectivity index (χ1n) is 13.9. The molecule has 0 saturated carbocycles. The van der Waals surface area contributed by atoms with Gasteiger partial charge in [0.2, 0.25) is 10.0 Å². The maximum Gasteiger partial charge on any atom is 0.339 e. The van der Waals surface area contributed by atoms with Crippen LogP contribution in [0.4, 0.5) is 0 Å². The fourth-order valence-corrected chi connectivity index (χ4v) is 6.62. The Morgan fingerprint density at radius 3 is 2.43 bits per heavy atom. The predicted octanol–water partition coefficient (Wildman–Crippen LogP) is 4.73. The van der Waals surface area contributed by atoms with Crippen LogP contribution in [0.25, 0.3) is 21.9 Å². The number of aliphatic hydroxyl groups is 1. The number of benzene rings is 4. The minimum atomic E-state index is -3.86. The van der Waals surface area contributed by atoms with Crippen molar-refractivity contribution in [3.63, 3.8) is 0 Å². The minimum absolute atomic E-state index is 0.0735. The van der Waals surface area contributed by atoms with E-state index in [1.165, 1.54) is 35.5 Å². The molecule has 0 saturated heterocycles. The maximum absolute atomic E-state index is 13.3. The highest BCUT2D eigenvalue weighted by Crippen LogP contribution is 2.35. The highest BCUT2D eigenvalue weighted by atomic mass is 32.2. The van der Waals surface area contributed by atoms with Crippen molar-refractivity contribution in [2.45, 2.75) is 43.2 Å². The Bertz CT molecular complexity index is 1720. The molecule has 0 radical (unpaired) electrons. The van der Waals surface area contributed by atoms with E-state index >= 15 is 0 Å². The van der Waals surface area contributed by atoms with E-state index in [2.05, 4.69) is 49.5 Å². The number of sulfonamides is 1. The summed E-state index contributed by atoms with van der Waals surface area (Å²) in [5, 5.41) is 26.1. The van der Waals surface area contributed by atoms with Gasteiger partial charge in [-0.15, -0.1) is 0 Å². The van der Waals surface area contributed by atoms with Crippen molar-refractivity contribution in [3.8, 4) is 16.9 Å². The topological polar surface area (TPSA) is 116 Å². The monoisotopic (exact) mass is 588 g/mol. The van der Waals surface area contributed by atoms with Gasteiger partial charge in [-0.05, 0) is 77.6 Å². The average Bonchev–Trinajstić information content (AvgIpc) is 3.44. The number of hydrogen-bond donors (Lipinski definition) is 3. The van der Waals surface area contributed by atoms with Crippen molar-refractivity contribution < 1.29 is 28.2 Å². The standard InChI is InChI=1S/C33H36N2O6S/c1-33(2,19-22-8-9-23-6-4-5-7-25(23)16-22)34-20-28(36)21-35(3)42(39,40)29-12-10-24(11-13-29)27-17-26-14-15-41-31(26)30(18-27)32(37)38/h4-13,16-18,28,34,36H,14-15,19-21H2,1-3H3,(H,37,38)/t28-/m1/s1. The third kappa shape index (κ3) is 6.50. The highest BCUT2D eigenvalue weighted by Gasteiger charge is 2.26. The lowest BCUT2D eigenvalue weighted by molar-refractivity contribution is 0.0693. The largest absolute Gasteiger partial charge is 0.492 e. The number of hydrogen-bond acceptors (Lipinski definition) is 6. The Labute approximate surface area is 246 Å². The fraction of sp³-hybridized carbons (Fsp3) is 0.303. The Morgan fingerprint density at radius 2 is 1.71 bits per heavy atom. The first-order valence-corrected chi connectivity index (χ1v) is 15.4. The molecule has 0 bridgehead atoms. The van der Waals surface area contributed by atoms with E-state index in [9.17, 15) is 23.4 Å². The van der Waals surface area contributed by atoms with Gasteiger partial charge in [0.15, 0.2) is 0 Å². The molecule has 4 aromatic rings. The minimum Gasteiger partial charge on any atom is -0.492 e. The van der Waals surface area contributed by atoms with E-state index in [-0.39, 0.29) is 29.1 Å². The van der Waals surface area contributed by atoms with Crippen LogP contribution in [-0.2, 0) is 22.9 Å². The maximum atomic E-state index is 13.3. The van der Waals surface area contributed by atoms with Gasteiger partial charge in [-0.25, -0.2) is 13.2 Å². The molecule has 0 spiro atoms. The molecule has 9 heteroatoms. The Kier molecular flexibility index (Phi) is 8.39. The number of fused-ring (bicyclic) bond motifs is 2. The van der Waals surface area contributed by atoms with Crippen molar-refractivity contribution in [1.82, 2.24) is 9.62 Å². The van der Waals surface area contributed by atoms with E-state index in [1.807, 2.05) is 18.2 Å². The Hall–Kier alpha value is -3.76. The van der Waals surface area contributed by atoms with Crippen LogP contribution in [0.15, 0.2) is 83.8 Å². The molecule has 0 fully saturated rings. The third-order valence-electron chi connectivity index (χ3n) is 7.65. The zero-order chi connectivity index (χ0) is 30.1. The molecule has 0 aromatic heterocycles. The number of carboxylic acid groups (broad SMARTS) is 1. The number of carbonyl (C=O) groups is 1. The van der Waals surface area contributed by atoms with Crippen LogP contribution in [0.5, 0.6) is 5.75 Å². The molecule has 8 nitrogen and oxygen atoms in total. The number of likely N-dealkylation sites (N-methyl/N-ethyl adjacent to an activating group) is 1. The third-order valence-corrected chi connectivity index (χ3v) is 9.49. The molecule has 1 heterocycles. The lowest BCUT2D eigenvalue weighted by Gasteiger charge is -2.29. The van der Waals surface area contributed by atoms with E-state index in [0.29, 0.717) is 29.9 Å².